The summed E-state index contributed by atoms with van der Waals surface area (Å²) < 4.78 is 5.16. The Balaban J connectivity index is 2.36. The van der Waals surface area contributed by atoms with Gasteiger partial charge in [0.05, 0.1) is 6.26 Å². The first kappa shape index (κ1) is 14.6. The number of halogens is 1. The molecule has 0 aliphatic rings. The van der Waals surface area contributed by atoms with Gasteiger partial charge in [0.1, 0.15) is 0 Å². The molecule has 98 valence electrons. The van der Waals surface area contributed by atoms with E-state index in [1.54, 1.807) is 6.26 Å². The van der Waals surface area contributed by atoms with E-state index in [4.69, 9.17) is 16.0 Å². The summed E-state index contributed by atoms with van der Waals surface area (Å²) in [5, 5.41) is 4.00. The van der Waals surface area contributed by atoms with Crippen LogP contribution in [-0.2, 0) is 0 Å². The molecule has 0 radical (unpaired) electrons. The highest BCUT2D eigenvalue weighted by molar-refractivity contribution is 6.29. The molecular formula is C14H24ClNO. The van der Waals surface area contributed by atoms with Crippen LogP contribution in [0.4, 0.5) is 0 Å². The fourth-order valence-electron chi connectivity index (χ4n) is 2.12. The van der Waals surface area contributed by atoms with Gasteiger partial charge in [-0.15, -0.1) is 0 Å². The predicted molar refractivity (Wildman–Crippen MR) is 73.5 cm³/mol. The first-order valence-electron chi connectivity index (χ1n) is 6.75. The second-order valence-corrected chi connectivity index (χ2v) is 4.81. The van der Waals surface area contributed by atoms with Crippen LogP contribution in [0.15, 0.2) is 16.7 Å². The Morgan fingerprint density at radius 2 is 2.00 bits per heavy atom. The first-order chi connectivity index (χ1) is 8.29. The molecule has 1 rings (SSSR count). The number of furan rings is 1. The molecule has 1 N–H and O–H groups in total. The molecule has 0 spiro atoms. The maximum Gasteiger partial charge on any atom is 0.197 e. The fourth-order valence-corrected chi connectivity index (χ4v) is 2.37. The molecule has 0 amide bonds. The lowest BCUT2D eigenvalue weighted by Gasteiger charge is -2.16. The lowest BCUT2D eigenvalue weighted by molar-refractivity contribution is 0.472. The number of nitrogens with one attached hydrogen (secondary N) is 1. The Hall–Kier alpha value is -0.470. The quantitative estimate of drug-likeness (QED) is 0.634. The van der Waals surface area contributed by atoms with Crippen LogP contribution in [0, 0.1) is 0 Å². The van der Waals surface area contributed by atoms with Crippen molar-refractivity contribution in [2.24, 2.45) is 0 Å². The molecule has 3 heteroatoms. The van der Waals surface area contributed by atoms with Crippen LogP contribution in [-0.4, -0.2) is 6.54 Å². The average molecular weight is 258 g/mol. The number of unbranched alkanes of at least 4 members (excludes halogenated alkanes) is 4. The molecule has 0 aromatic carbocycles. The molecule has 1 atom stereocenters. The monoisotopic (exact) mass is 257 g/mol. The van der Waals surface area contributed by atoms with Gasteiger partial charge in [0.15, 0.2) is 5.22 Å². The molecule has 1 unspecified atom stereocenters. The van der Waals surface area contributed by atoms with Gasteiger partial charge in [0, 0.05) is 11.6 Å². The minimum Gasteiger partial charge on any atom is -0.453 e. The third kappa shape index (κ3) is 5.13. The third-order valence-corrected chi connectivity index (χ3v) is 3.38. The van der Waals surface area contributed by atoms with Crippen molar-refractivity contribution in [1.29, 1.82) is 0 Å². The maximum absolute atomic E-state index is 6.03. The zero-order valence-corrected chi connectivity index (χ0v) is 11.7. The van der Waals surface area contributed by atoms with Crippen LogP contribution in [0.25, 0.3) is 0 Å². The lowest BCUT2D eigenvalue weighted by atomic mass is 10.0. The lowest BCUT2D eigenvalue weighted by Crippen LogP contribution is -2.20. The van der Waals surface area contributed by atoms with E-state index in [0.29, 0.717) is 11.3 Å². The van der Waals surface area contributed by atoms with Gasteiger partial charge in [-0.1, -0.05) is 46.0 Å². The van der Waals surface area contributed by atoms with Gasteiger partial charge in [-0.3, -0.25) is 0 Å². The Morgan fingerprint density at radius 1 is 1.24 bits per heavy atom. The van der Waals surface area contributed by atoms with Crippen LogP contribution >= 0.6 is 11.6 Å². The molecule has 0 saturated carbocycles. The molecule has 0 aliphatic carbocycles. The Morgan fingerprint density at radius 3 is 2.59 bits per heavy atom. The normalized spacial score (nSPS) is 12.9. The van der Waals surface area contributed by atoms with Gasteiger partial charge in [-0.2, -0.15) is 0 Å². The summed E-state index contributed by atoms with van der Waals surface area (Å²) in [6.45, 7) is 5.33. The van der Waals surface area contributed by atoms with Gasteiger partial charge in [0.25, 0.3) is 0 Å². The van der Waals surface area contributed by atoms with E-state index in [9.17, 15) is 0 Å². The van der Waals surface area contributed by atoms with E-state index < -0.39 is 0 Å². The van der Waals surface area contributed by atoms with E-state index in [2.05, 4.69) is 19.2 Å². The summed E-state index contributed by atoms with van der Waals surface area (Å²) in [5.74, 6) is 0. The van der Waals surface area contributed by atoms with Crippen molar-refractivity contribution in [2.45, 2.75) is 58.4 Å². The summed E-state index contributed by atoms with van der Waals surface area (Å²) in [7, 11) is 0. The summed E-state index contributed by atoms with van der Waals surface area (Å²) in [4.78, 5) is 0. The number of rotatable bonds is 9. The fraction of sp³-hybridized carbons (Fsp3) is 0.714. The smallest absolute Gasteiger partial charge is 0.197 e. The van der Waals surface area contributed by atoms with Gasteiger partial charge in [-0.25, -0.2) is 0 Å². The van der Waals surface area contributed by atoms with Crippen LogP contribution < -0.4 is 5.32 Å². The summed E-state index contributed by atoms with van der Waals surface area (Å²) in [6.07, 6.45) is 9.34. The molecule has 17 heavy (non-hydrogen) atoms. The van der Waals surface area contributed by atoms with Crippen molar-refractivity contribution in [1.82, 2.24) is 5.32 Å². The van der Waals surface area contributed by atoms with E-state index >= 15 is 0 Å². The zero-order chi connectivity index (χ0) is 12.5. The van der Waals surface area contributed by atoms with Crippen LogP contribution in [0.2, 0.25) is 5.22 Å². The van der Waals surface area contributed by atoms with E-state index in [-0.39, 0.29) is 0 Å². The molecule has 1 aromatic rings. The summed E-state index contributed by atoms with van der Waals surface area (Å²) in [6, 6.07) is 2.31. The standard InChI is InChI=1S/C14H24ClNO/c1-3-5-6-7-8-9-13(16-4-2)12-10-11-17-14(12)15/h10-11,13,16H,3-9H2,1-2H3. The molecule has 1 aromatic heterocycles. The van der Waals surface area contributed by atoms with Crippen molar-refractivity contribution in [2.75, 3.05) is 6.54 Å². The highest BCUT2D eigenvalue weighted by atomic mass is 35.5. The Kier molecular flexibility index (Phi) is 7.38. The van der Waals surface area contributed by atoms with Crippen molar-refractivity contribution < 1.29 is 4.42 Å². The highest BCUT2D eigenvalue weighted by Crippen LogP contribution is 2.27. The van der Waals surface area contributed by atoms with Gasteiger partial charge >= 0.3 is 0 Å². The van der Waals surface area contributed by atoms with Crippen LogP contribution in [0.5, 0.6) is 0 Å². The first-order valence-corrected chi connectivity index (χ1v) is 7.13. The number of hydrogen-bond acceptors (Lipinski definition) is 2. The molecule has 1 heterocycles. The van der Waals surface area contributed by atoms with Crippen molar-refractivity contribution in [3.05, 3.63) is 23.1 Å². The largest absolute Gasteiger partial charge is 0.453 e. The average Bonchev–Trinajstić information content (AvgIpc) is 2.74. The molecule has 0 saturated heterocycles. The van der Waals surface area contributed by atoms with Gasteiger partial charge < -0.3 is 9.73 Å². The maximum atomic E-state index is 6.03. The van der Waals surface area contributed by atoms with Gasteiger partial charge in [0.2, 0.25) is 0 Å². The Bertz CT molecular complexity index is 298. The minimum absolute atomic E-state index is 0.341. The van der Waals surface area contributed by atoms with E-state index in [1.165, 1.54) is 32.1 Å². The minimum atomic E-state index is 0.341. The molecular weight excluding hydrogens is 234 g/mol. The summed E-state index contributed by atoms with van der Waals surface area (Å²) in [5.41, 5.74) is 1.10. The van der Waals surface area contributed by atoms with Crippen LogP contribution in [0.1, 0.15) is 64.0 Å². The predicted octanol–water partition coefficient (Wildman–Crippen LogP) is 4.94. The second kappa shape index (κ2) is 8.60. The van der Waals surface area contributed by atoms with Crippen molar-refractivity contribution >= 4 is 11.6 Å². The number of hydrogen-bond donors (Lipinski definition) is 1. The topological polar surface area (TPSA) is 25.2 Å². The van der Waals surface area contributed by atoms with Crippen molar-refractivity contribution in [3.8, 4) is 0 Å². The molecule has 0 aliphatic heterocycles. The van der Waals surface area contributed by atoms with E-state index in [0.717, 1.165) is 18.5 Å². The van der Waals surface area contributed by atoms with E-state index in [1.807, 2.05) is 6.07 Å². The molecule has 0 fully saturated rings. The van der Waals surface area contributed by atoms with Crippen molar-refractivity contribution in [3.63, 3.8) is 0 Å². The second-order valence-electron chi connectivity index (χ2n) is 4.46. The molecule has 2 nitrogen and oxygen atoms in total. The van der Waals surface area contributed by atoms with Crippen LogP contribution in [0.3, 0.4) is 0 Å². The van der Waals surface area contributed by atoms with Gasteiger partial charge in [-0.05, 0) is 30.6 Å². The Labute approximate surface area is 110 Å². The highest BCUT2D eigenvalue weighted by Gasteiger charge is 2.15. The SMILES string of the molecule is CCCCCCCC(NCC)c1ccoc1Cl. The molecule has 0 bridgehead atoms. The zero-order valence-electron chi connectivity index (χ0n) is 11.0. The third-order valence-electron chi connectivity index (χ3n) is 3.07. The summed E-state index contributed by atoms with van der Waals surface area (Å²) >= 11 is 6.03.